The number of benzene rings is 1. The highest BCUT2D eigenvalue weighted by Gasteiger charge is 2.39. The van der Waals surface area contributed by atoms with Crippen LogP contribution >= 0.6 is 11.6 Å². The smallest absolute Gasteiger partial charge is 0.228 e. The minimum Gasteiger partial charge on any atom is -0.349 e. The van der Waals surface area contributed by atoms with Gasteiger partial charge in [0.15, 0.2) is 0 Å². The van der Waals surface area contributed by atoms with Gasteiger partial charge in [-0.2, -0.15) is 0 Å². The number of carbonyl (C=O) groups excluding carboxylic acids is 1. The number of hydrogen-bond acceptors (Lipinski definition) is 1. The number of rotatable bonds is 3. The first-order chi connectivity index (χ1) is 8.74. The molecule has 0 aromatic heterocycles. The maximum absolute atomic E-state index is 12.3. The van der Waals surface area contributed by atoms with Crippen LogP contribution in [-0.4, -0.2) is 17.3 Å². The molecule has 1 aromatic carbocycles. The van der Waals surface area contributed by atoms with Gasteiger partial charge in [0.25, 0.3) is 0 Å². The van der Waals surface area contributed by atoms with Gasteiger partial charge in [-0.25, -0.2) is 0 Å². The van der Waals surface area contributed by atoms with Crippen molar-refractivity contribution in [1.29, 1.82) is 0 Å². The lowest BCUT2D eigenvalue weighted by Crippen LogP contribution is -2.51. The predicted octanol–water partition coefficient (Wildman–Crippen LogP) is 2.99. The molecule has 3 rings (SSSR count). The third kappa shape index (κ3) is 1.93. The Balaban J connectivity index is 1.70. The Bertz CT molecular complexity index is 465. The Morgan fingerprint density at radius 1 is 1.33 bits per heavy atom. The SMILES string of the molecule is O=C(NC1(CCl)CCCC1)C1Cc2ccccc21. The van der Waals surface area contributed by atoms with E-state index in [1.165, 1.54) is 24.0 Å². The number of alkyl halides is 1. The molecule has 1 fully saturated rings. The number of fused-ring (bicyclic) bond motifs is 1. The summed E-state index contributed by atoms with van der Waals surface area (Å²) in [6.45, 7) is 0. The standard InChI is InChI=1S/C15H18ClNO/c16-10-15(7-3-4-8-15)17-14(18)13-9-11-5-1-2-6-12(11)13/h1-2,5-6,13H,3-4,7-10H2,(H,17,18). The Kier molecular flexibility index (Phi) is 3.06. The summed E-state index contributed by atoms with van der Waals surface area (Å²) in [4.78, 5) is 12.3. The fourth-order valence-electron chi connectivity index (χ4n) is 3.19. The summed E-state index contributed by atoms with van der Waals surface area (Å²) in [5, 5.41) is 3.21. The summed E-state index contributed by atoms with van der Waals surface area (Å²) >= 11 is 6.06. The second kappa shape index (κ2) is 4.58. The van der Waals surface area contributed by atoms with Crippen LogP contribution in [0.5, 0.6) is 0 Å². The van der Waals surface area contributed by atoms with Crippen LogP contribution in [0.3, 0.4) is 0 Å². The zero-order valence-electron chi connectivity index (χ0n) is 10.4. The van der Waals surface area contributed by atoms with Crippen molar-refractivity contribution in [3.05, 3.63) is 35.4 Å². The monoisotopic (exact) mass is 263 g/mol. The first-order valence-electron chi connectivity index (χ1n) is 6.70. The molecule has 0 radical (unpaired) electrons. The zero-order chi connectivity index (χ0) is 12.6. The van der Waals surface area contributed by atoms with E-state index >= 15 is 0 Å². The molecule has 0 heterocycles. The van der Waals surface area contributed by atoms with Gasteiger partial charge in [0.2, 0.25) is 5.91 Å². The van der Waals surface area contributed by atoms with E-state index in [9.17, 15) is 4.79 Å². The molecule has 2 nitrogen and oxygen atoms in total. The summed E-state index contributed by atoms with van der Waals surface area (Å²) in [6, 6.07) is 8.20. The van der Waals surface area contributed by atoms with E-state index in [1.54, 1.807) is 0 Å². The summed E-state index contributed by atoms with van der Waals surface area (Å²) in [5.41, 5.74) is 2.37. The van der Waals surface area contributed by atoms with Crippen molar-refractivity contribution in [2.24, 2.45) is 0 Å². The van der Waals surface area contributed by atoms with Gasteiger partial charge in [0, 0.05) is 5.88 Å². The quantitative estimate of drug-likeness (QED) is 0.835. The van der Waals surface area contributed by atoms with Crippen molar-refractivity contribution in [2.45, 2.75) is 43.6 Å². The highest BCUT2D eigenvalue weighted by molar-refractivity contribution is 6.18. The van der Waals surface area contributed by atoms with Gasteiger partial charge < -0.3 is 5.32 Å². The maximum atomic E-state index is 12.3. The molecule has 0 saturated heterocycles. The molecule has 0 bridgehead atoms. The fourth-order valence-corrected chi connectivity index (χ4v) is 3.52. The minimum absolute atomic E-state index is 0.0434. The molecule has 1 N–H and O–H groups in total. The van der Waals surface area contributed by atoms with Crippen LogP contribution in [0.2, 0.25) is 0 Å². The Morgan fingerprint density at radius 3 is 2.72 bits per heavy atom. The van der Waals surface area contributed by atoms with Crippen LogP contribution in [0.25, 0.3) is 0 Å². The Morgan fingerprint density at radius 2 is 2.06 bits per heavy atom. The van der Waals surface area contributed by atoms with E-state index < -0.39 is 0 Å². The third-order valence-electron chi connectivity index (χ3n) is 4.38. The highest BCUT2D eigenvalue weighted by atomic mass is 35.5. The lowest BCUT2D eigenvalue weighted by molar-refractivity contribution is -0.124. The summed E-state index contributed by atoms with van der Waals surface area (Å²) in [6.07, 6.45) is 5.27. The Labute approximate surface area is 113 Å². The van der Waals surface area contributed by atoms with Gasteiger partial charge in [-0.15, -0.1) is 11.6 Å². The topological polar surface area (TPSA) is 29.1 Å². The van der Waals surface area contributed by atoms with Crippen LogP contribution in [0.15, 0.2) is 24.3 Å². The molecule has 96 valence electrons. The minimum atomic E-state index is -0.136. The van der Waals surface area contributed by atoms with Crippen molar-refractivity contribution in [3.63, 3.8) is 0 Å². The number of nitrogens with one attached hydrogen (secondary N) is 1. The predicted molar refractivity (Wildman–Crippen MR) is 72.9 cm³/mol. The largest absolute Gasteiger partial charge is 0.349 e. The van der Waals surface area contributed by atoms with E-state index in [0.29, 0.717) is 5.88 Å². The molecule has 0 aliphatic heterocycles. The lowest BCUT2D eigenvalue weighted by atomic mass is 9.76. The van der Waals surface area contributed by atoms with E-state index in [-0.39, 0.29) is 17.4 Å². The first-order valence-corrected chi connectivity index (χ1v) is 7.23. The summed E-state index contributed by atoms with van der Waals surface area (Å²) < 4.78 is 0. The van der Waals surface area contributed by atoms with Gasteiger partial charge in [0.05, 0.1) is 11.5 Å². The number of hydrogen-bond donors (Lipinski definition) is 1. The van der Waals surface area contributed by atoms with Crippen molar-refractivity contribution in [3.8, 4) is 0 Å². The molecule has 1 aromatic rings. The first kappa shape index (κ1) is 12.0. The molecule has 3 heteroatoms. The average Bonchev–Trinajstić information content (AvgIpc) is 2.80. The number of amides is 1. The summed E-state index contributed by atoms with van der Waals surface area (Å²) in [7, 11) is 0. The summed E-state index contributed by atoms with van der Waals surface area (Å²) in [5.74, 6) is 0.741. The molecule has 1 amide bonds. The average molecular weight is 264 g/mol. The number of halogens is 1. The molecular weight excluding hydrogens is 246 g/mol. The van der Waals surface area contributed by atoms with Crippen molar-refractivity contribution >= 4 is 17.5 Å². The molecule has 1 unspecified atom stereocenters. The molecule has 18 heavy (non-hydrogen) atoms. The second-order valence-electron chi connectivity index (χ2n) is 5.57. The normalized spacial score (nSPS) is 24.2. The van der Waals surface area contributed by atoms with Crippen LogP contribution in [0, 0.1) is 0 Å². The van der Waals surface area contributed by atoms with Crippen LogP contribution in [0.1, 0.15) is 42.7 Å². The Hall–Kier alpha value is -1.02. The molecule has 1 atom stereocenters. The van der Waals surface area contributed by atoms with E-state index in [1.807, 2.05) is 12.1 Å². The van der Waals surface area contributed by atoms with Gasteiger partial charge in [-0.1, -0.05) is 37.1 Å². The van der Waals surface area contributed by atoms with Gasteiger partial charge >= 0.3 is 0 Å². The van der Waals surface area contributed by atoms with Gasteiger partial charge in [-0.05, 0) is 30.4 Å². The van der Waals surface area contributed by atoms with Crippen LogP contribution in [0.4, 0.5) is 0 Å². The maximum Gasteiger partial charge on any atom is 0.228 e. The van der Waals surface area contributed by atoms with Crippen molar-refractivity contribution in [2.75, 3.05) is 5.88 Å². The van der Waals surface area contributed by atoms with Crippen molar-refractivity contribution < 1.29 is 4.79 Å². The molecular formula is C15H18ClNO. The lowest BCUT2D eigenvalue weighted by Gasteiger charge is -2.34. The van der Waals surface area contributed by atoms with E-state index in [4.69, 9.17) is 11.6 Å². The van der Waals surface area contributed by atoms with Crippen LogP contribution < -0.4 is 5.32 Å². The van der Waals surface area contributed by atoms with Gasteiger partial charge in [0.1, 0.15) is 0 Å². The number of carbonyl (C=O) groups is 1. The highest BCUT2D eigenvalue weighted by Crippen LogP contribution is 2.37. The molecule has 2 aliphatic carbocycles. The molecule has 2 aliphatic rings. The molecule has 0 spiro atoms. The van der Waals surface area contributed by atoms with Gasteiger partial charge in [-0.3, -0.25) is 4.79 Å². The second-order valence-corrected chi connectivity index (χ2v) is 5.83. The third-order valence-corrected chi connectivity index (χ3v) is 4.89. The molecule has 1 saturated carbocycles. The van der Waals surface area contributed by atoms with Crippen LogP contribution in [-0.2, 0) is 11.2 Å². The van der Waals surface area contributed by atoms with E-state index in [2.05, 4.69) is 17.4 Å². The zero-order valence-corrected chi connectivity index (χ0v) is 11.2. The fraction of sp³-hybridized carbons (Fsp3) is 0.533. The van der Waals surface area contributed by atoms with Crippen molar-refractivity contribution in [1.82, 2.24) is 5.32 Å². The van der Waals surface area contributed by atoms with E-state index in [0.717, 1.165) is 19.3 Å².